The van der Waals surface area contributed by atoms with Crippen molar-refractivity contribution in [2.75, 3.05) is 16.9 Å². The first kappa shape index (κ1) is 33.8. The lowest BCUT2D eigenvalue weighted by molar-refractivity contribution is -0.384. The summed E-state index contributed by atoms with van der Waals surface area (Å²) in [5.74, 6) is -5.93. The predicted molar refractivity (Wildman–Crippen MR) is 194 cm³/mol. The number of halogens is 2. The molecule has 262 valence electrons. The zero-order valence-corrected chi connectivity index (χ0v) is 29.8. The average Bonchev–Trinajstić information content (AvgIpc) is 3.53. The van der Waals surface area contributed by atoms with Gasteiger partial charge in [0.2, 0.25) is 23.6 Å². The molecule has 0 aromatic heterocycles. The molecule has 8 rings (SSSR count). The number of hydrogen-bond donors (Lipinski definition) is 1. The van der Waals surface area contributed by atoms with Crippen molar-refractivity contribution >= 4 is 68.2 Å². The van der Waals surface area contributed by atoms with E-state index in [9.17, 15) is 29.6 Å². The number of nitro benzene ring substituents is 1. The fourth-order valence-corrected chi connectivity index (χ4v) is 9.66. The summed E-state index contributed by atoms with van der Waals surface area (Å²) >= 11 is 9.84. The number of ether oxygens (including phenoxy) is 1. The summed E-state index contributed by atoms with van der Waals surface area (Å²) in [5, 5.41) is 22.5. The summed E-state index contributed by atoms with van der Waals surface area (Å²) in [4.78, 5) is 71.8. The maximum atomic E-state index is 15.4. The number of fused-ring (bicyclic) bond motifs is 4. The standard InChI is InChI=1S/C39H29BrClN3O8/c1-52-31-17-20(16-30(40)34(31)45)33-26-14-15-27-32(37(48)42(35(27)46)23-10-12-24(13-11-23)44(50)51)28(26)19-29-36(47)43(25-9-5-8-22(41)18-25)38(49)39(29,33)21-6-3-2-4-7-21/h2-14,16-18,27-29,32-33,45H,15,19H2,1H3/t27-,28+,29-,32-,33-,39+/m0/s1. The molecule has 0 radical (unpaired) electrons. The van der Waals surface area contributed by atoms with E-state index >= 15 is 4.79 Å². The Morgan fingerprint density at radius 2 is 1.62 bits per heavy atom. The van der Waals surface area contributed by atoms with Gasteiger partial charge in [0.05, 0.1) is 51.0 Å². The van der Waals surface area contributed by atoms with Crippen molar-refractivity contribution in [2.24, 2.45) is 23.7 Å². The van der Waals surface area contributed by atoms with Crippen molar-refractivity contribution in [1.82, 2.24) is 0 Å². The number of nitro groups is 1. The minimum Gasteiger partial charge on any atom is -0.503 e. The van der Waals surface area contributed by atoms with Gasteiger partial charge in [-0.1, -0.05) is 59.6 Å². The highest BCUT2D eigenvalue weighted by molar-refractivity contribution is 9.10. The molecule has 11 nitrogen and oxygen atoms in total. The van der Waals surface area contributed by atoms with Gasteiger partial charge in [-0.2, -0.15) is 0 Å². The number of nitrogens with zero attached hydrogens (tertiary/aromatic N) is 3. The number of rotatable bonds is 6. The van der Waals surface area contributed by atoms with E-state index < -0.39 is 63.6 Å². The first-order valence-electron chi connectivity index (χ1n) is 16.6. The number of carbonyl (C=O) groups excluding carboxylic acids is 4. The Labute approximate surface area is 310 Å². The highest BCUT2D eigenvalue weighted by atomic mass is 79.9. The van der Waals surface area contributed by atoms with Crippen LogP contribution >= 0.6 is 27.5 Å². The van der Waals surface area contributed by atoms with Crippen LogP contribution in [0.1, 0.15) is 29.9 Å². The number of methoxy groups -OCH3 is 1. The van der Waals surface area contributed by atoms with Crippen LogP contribution in [-0.4, -0.2) is 40.8 Å². The number of benzene rings is 4. The molecular formula is C39H29BrClN3O8. The van der Waals surface area contributed by atoms with Crippen LogP contribution in [0.15, 0.2) is 107 Å². The average molecular weight is 783 g/mol. The molecule has 4 aromatic carbocycles. The molecule has 2 aliphatic carbocycles. The number of phenols is 1. The second-order valence-electron chi connectivity index (χ2n) is 13.4. The van der Waals surface area contributed by atoms with Gasteiger partial charge in [0, 0.05) is 23.1 Å². The van der Waals surface area contributed by atoms with E-state index in [0.29, 0.717) is 26.3 Å². The molecule has 2 heterocycles. The van der Waals surface area contributed by atoms with E-state index in [1.54, 1.807) is 36.4 Å². The summed E-state index contributed by atoms with van der Waals surface area (Å²) in [5.41, 5.74) is 0.709. The molecule has 0 bridgehead atoms. The molecule has 4 aliphatic rings. The van der Waals surface area contributed by atoms with E-state index in [0.717, 1.165) is 10.5 Å². The number of imide groups is 2. The van der Waals surface area contributed by atoms with Crippen LogP contribution in [0.5, 0.6) is 11.5 Å². The number of amides is 4. The van der Waals surface area contributed by atoms with Crippen LogP contribution in [0, 0.1) is 33.8 Å². The van der Waals surface area contributed by atoms with Crippen molar-refractivity contribution in [3.8, 4) is 11.5 Å². The van der Waals surface area contributed by atoms with Gasteiger partial charge >= 0.3 is 0 Å². The Bertz CT molecular complexity index is 2250. The second kappa shape index (κ2) is 12.4. The van der Waals surface area contributed by atoms with E-state index in [4.69, 9.17) is 16.3 Å². The molecule has 2 saturated heterocycles. The Balaban J connectivity index is 1.35. The zero-order valence-electron chi connectivity index (χ0n) is 27.4. The molecule has 3 fully saturated rings. The van der Waals surface area contributed by atoms with Crippen molar-refractivity contribution in [3.05, 3.63) is 133 Å². The number of aromatic hydroxyl groups is 1. The Kier molecular flexibility index (Phi) is 8.07. The molecule has 0 spiro atoms. The van der Waals surface area contributed by atoms with Gasteiger partial charge < -0.3 is 9.84 Å². The number of non-ortho nitro benzene ring substituents is 1. The van der Waals surface area contributed by atoms with Gasteiger partial charge in [0.25, 0.3) is 5.69 Å². The lowest BCUT2D eigenvalue weighted by atomic mass is 9.49. The Hall–Kier alpha value is -5.33. The summed E-state index contributed by atoms with van der Waals surface area (Å²) in [6.45, 7) is 0. The summed E-state index contributed by atoms with van der Waals surface area (Å²) in [6.07, 6.45) is 2.20. The topological polar surface area (TPSA) is 147 Å². The SMILES string of the molecule is COc1cc([C@H]2C3=CC[C@@H]4C(=O)N(c5ccc([N+](=O)[O-])cc5)C(=O)[C@@H]4[C@@H]3C[C@H]3C(=O)N(c4cccc(Cl)c4)C(=O)[C@@]23c2ccccc2)cc(Br)c1O. The number of carbonyl (C=O) groups is 4. The minimum atomic E-state index is -1.51. The van der Waals surface area contributed by atoms with E-state index in [-0.39, 0.29) is 35.7 Å². The van der Waals surface area contributed by atoms with Crippen LogP contribution in [0.25, 0.3) is 0 Å². The minimum absolute atomic E-state index is 0.0868. The van der Waals surface area contributed by atoms with Crippen molar-refractivity contribution < 1.29 is 33.9 Å². The lowest BCUT2D eigenvalue weighted by Crippen LogP contribution is -2.53. The van der Waals surface area contributed by atoms with E-state index in [1.807, 2.05) is 36.4 Å². The summed E-state index contributed by atoms with van der Waals surface area (Å²) in [6, 6.07) is 24.2. The quantitative estimate of drug-likeness (QED) is 0.0944. The van der Waals surface area contributed by atoms with Crippen LogP contribution < -0.4 is 14.5 Å². The van der Waals surface area contributed by atoms with Gasteiger partial charge in [0.15, 0.2) is 11.5 Å². The van der Waals surface area contributed by atoms with E-state index in [1.165, 1.54) is 36.3 Å². The molecule has 4 amide bonds. The van der Waals surface area contributed by atoms with Gasteiger partial charge in [0.1, 0.15) is 0 Å². The highest BCUT2D eigenvalue weighted by Crippen LogP contribution is 2.65. The van der Waals surface area contributed by atoms with Gasteiger partial charge in [-0.05, 0) is 88.3 Å². The molecular weight excluding hydrogens is 754 g/mol. The predicted octanol–water partition coefficient (Wildman–Crippen LogP) is 7.09. The van der Waals surface area contributed by atoms with Gasteiger partial charge in [-0.25, -0.2) is 4.90 Å². The van der Waals surface area contributed by atoms with Crippen LogP contribution in [0.3, 0.4) is 0 Å². The van der Waals surface area contributed by atoms with Gasteiger partial charge in [-0.15, -0.1) is 0 Å². The molecule has 4 aromatic rings. The monoisotopic (exact) mass is 781 g/mol. The fourth-order valence-electron chi connectivity index (χ4n) is 9.01. The zero-order chi connectivity index (χ0) is 36.6. The van der Waals surface area contributed by atoms with Crippen molar-refractivity contribution in [3.63, 3.8) is 0 Å². The third-order valence-corrected chi connectivity index (χ3v) is 11.9. The molecule has 1 N–H and O–H groups in total. The fraction of sp³-hybridized carbons (Fsp3) is 0.231. The third kappa shape index (κ3) is 4.77. The van der Waals surface area contributed by atoms with Gasteiger partial charge in [-0.3, -0.25) is 34.2 Å². The highest BCUT2D eigenvalue weighted by Gasteiger charge is 2.70. The maximum Gasteiger partial charge on any atom is 0.269 e. The number of allylic oxidation sites excluding steroid dienone is 2. The molecule has 0 unspecified atom stereocenters. The first-order valence-corrected chi connectivity index (χ1v) is 17.7. The van der Waals surface area contributed by atoms with Crippen LogP contribution in [0.4, 0.5) is 17.1 Å². The summed E-state index contributed by atoms with van der Waals surface area (Å²) < 4.78 is 5.86. The van der Waals surface area contributed by atoms with Crippen molar-refractivity contribution in [2.45, 2.75) is 24.2 Å². The maximum absolute atomic E-state index is 15.4. The van der Waals surface area contributed by atoms with E-state index in [2.05, 4.69) is 15.9 Å². The lowest BCUT2D eigenvalue weighted by Gasteiger charge is -2.50. The normalized spacial score (nSPS) is 26.5. The summed E-state index contributed by atoms with van der Waals surface area (Å²) in [7, 11) is 1.41. The molecule has 6 atom stereocenters. The number of hydrogen-bond acceptors (Lipinski definition) is 8. The smallest absolute Gasteiger partial charge is 0.269 e. The van der Waals surface area contributed by atoms with Crippen molar-refractivity contribution in [1.29, 1.82) is 0 Å². The Morgan fingerprint density at radius 3 is 2.29 bits per heavy atom. The number of phenolic OH excluding ortho intramolecular Hbond substituents is 1. The van der Waals surface area contributed by atoms with Crippen LogP contribution in [-0.2, 0) is 24.6 Å². The second-order valence-corrected chi connectivity index (χ2v) is 14.7. The van der Waals surface area contributed by atoms with Crippen LogP contribution in [0.2, 0.25) is 5.02 Å². The Morgan fingerprint density at radius 1 is 0.885 bits per heavy atom. The molecule has 13 heteroatoms. The largest absolute Gasteiger partial charge is 0.503 e. The third-order valence-electron chi connectivity index (χ3n) is 11.1. The first-order chi connectivity index (χ1) is 25.0. The molecule has 2 aliphatic heterocycles. The molecule has 52 heavy (non-hydrogen) atoms. The number of anilines is 2. The molecule has 1 saturated carbocycles.